The number of anilines is 1. The van der Waals surface area contributed by atoms with Gasteiger partial charge >= 0.3 is 5.97 Å². The number of thioether (sulfide) groups is 1. The zero-order chi connectivity index (χ0) is 24.8. The third-order valence-electron chi connectivity index (χ3n) is 4.93. The Hall–Kier alpha value is -3.69. The van der Waals surface area contributed by atoms with Crippen molar-refractivity contribution in [3.63, 3.8) is 0 Å². The Morgan fingerprint density at radius 2 is 1.94 bits per heavy atom. The Morgan fingerprint density at radius 1 is 1.26 bits per heavy atom. The van der Waals surface area contributed by atoms with Crippen LogP contribution in [0.2, 0.25) is 0 Å². The van der Waals surface area contributed by atoms with E-state index in [1.54, 1.807) is 24.3 Å². The summed E-state index contributed by atoms with van der Waals surface area (Å²) in [5.74, 6) is -5.06. The normalized spacial score (nSPS) is 17.4. The second-order valence-corrected chi connectivity index (χ2v) is 8.88. The fraction of sp³-hybridized carbons (Fsp3) is 0.182. The molecule has 1 aliphatic rings. The van der Waals surface area contributed by atoms with Crippen LogP contribution < -0.4 is 10.6 Å². The van der Waals surface area contributed by atoms with Crippen molar-refractivity contribution < 1.29 is 24.0 Å². The number of allylic oxidation sites excluding steroid dienone is 1. The van der Waals surface area contributed by atoms with Gasteiger partial charge in [-0.05, 0) is 24.3 Å². The summed E-state index contributed by atoms with van der Waals surface area (Å²) in [5, 5.41) is 26.7. The van der Waals surface area contributed by atoms with Gasteiger partial charge < -0.3 is 15.4 Å². The molecule has 1 heterocycles. The molecule has 2 atom stereocenters. The fourth-order valence-electron chi connectivity index (χ4n) is 3.44. The molecule has 2 amide bonds. The largest absolute Gasteiger partial charge is 0.468 e. The van der Waals surface area contributed by atoms with Gasteiger partial charge in [-0.15, -0.1) is 0 Å². The molecule has 0 aromatic heterocycles. The van der Waals surface area contributed by atoms with Crippen LogP contribution in [0.15, 0.2) is 63.6 Å². The Kier molecular flexibility index (Phi) is 8.04. The standard InChI is InChI=1S/C22H17BrN4O6S/c1-33-22(30)19-18(14-4-2-3-5-16(14)27(31)32)15(10-24)21(26-20(19)29)34-11-17(28)25-13-8-6-12(23)7-9-13/h2-9,18-19H,11H2,1H3,(H,25,28)(H,26,29)/t18-,19+/m0/s1. The van der Waals surface area contributed by atoms with E-state index in [-0.39, 0.29) is 27.6 Å². The molecule has 1 aliphatic heterocycles. The summed E-state index contributed by atoms with van der Waals surface area (Å²) in [5.41, 5.74) is 0.151. The number of nitriles is 1. The molecule has 0 saturated heterocycles. The van der Waals surface area contributed by atoms with Crippen LogP contribution in [0.5, 0.6) is 0 Å². The summed E-state index contributed by atoms with van der Waals surface area (Å²) in [6, 6.07) is 14.4. The second-order valence-electron chi connectivity index (χ2n) is 6.98. The molecule has 174 valence electrons. The molecule has 2 aromatic rings. The van der Waals surface area contributed by atoms with Crippen molar-refractivity contribution in [2.24, 2.45) is 5.92 Å². The van der Waals surface area contributed by atoms with Gasteiger partial charge in [0.05, 0.1) is 40.4 Å². The summed E-state index contributed by atoms with van der Waals surface area (Å²) in [4.78, 5) is 48.7. The van der Waals surface area contributed by atoms with Crippen LogP contribution in [0.4, 0.5) is 11.4 Å². The van der Waals surface area contributed by atoms with Gasteiger partial charge in [-0.1, -0.05) is 45.9 Å². The maximum atomic E-state index is 12.9. The molecule has 0 unspecified atom stereocenters. The first-order valence-corrected chi connectivity index (χ1v) is 11.5. The molecular weight excluding hydrogens is 528 g/mol. The first kappa shape index (κ1) is 24.9. The highest BCUT2D eigenvalue weighted by Crippen LogP contribution is 2.43. The van der Waals surface area contributed by atoms with E-state index < -0.39 is 34.5 Å². The van der Waals surface area contributed by atoms with Crippen LogP contribution in [-0.4, -0.2) is 35.6 Å². The molecular formula is C22H17BrN4O6S. The Labute approximate surface area is 206 Å². The smallest absolute Gasteiger partial charge is 0.319 e. The van der Waals surface area contributed by atoms with E-state index in [1.165, 1.54) is 24.3 Å². The van der Waals surface area contributed by atoms with E-state index in [0.29, 0.717) is 5.69 Å². The molecule has 0 aliphatic carbocycles. The highest BCUT2D eigenvalue weighted by atomic mass is 79.9. The number of para-hydroxylation sites is 1. The summed E-state index contributed by atoms with van der Waals surface area (Å²) in [7, 11) is 1.08. The van der Waals surface area contributed by atoms with Gasteiger partial charge in [-0.25, -0.2) is 0 Å². The van der Waals surface area contributed by atoms with E-state index in [2.05, 4.69) is 26.6 Å². The summed E-state index contributed by atoms with van der Waals surface area (Å²) in [6.45, 7) is 0. The van der Waals surface area contributed by atoms with Gasteiger partial charge in [0.2, 0.25) is 11.8 Å². The first-order chi connectivity index (χ1) is 16.3. The summed E-state index contributed by atoms with van der Waals surface area (Å²) >= 11 is 4.18. The monoisotopic (exact) mass is 544 g/mol. The van der Waals surface area contributed by atoms with Gasteiger partial charge in [0.15, 0.2) is 0 Å². The molecule has 10 nitrogen and oxygen atoms in total. The SMILES string of the molecule is COC(=O)[C@H]1C(=O)NC(SCC(=O)Nc2ccc(Br)cc2)=C(C#N)[C@@H]1c1ccccc1[N+](=O)[O-]. The number of hydrogen-bond donors (Lipinski definition) is 2. The van der Waals surface area contributed by atoms with Gasteiger partial charge in [0.25, 0.3) is 5.69 Å². The lowest BCUT2D eigenvalue weighted by molar-refractivity contribution is -0.385. The number of nitro groups is 1. The number of nitro benzene ring substituents is 1. The quantitative estimate of drug-likeness (QED) is 0.232. The summed E-state index contributed by atoms with van der Waals surface area (Å²) < 4.78 is 5.58. The van der Waals surface area contributed by atoms with Crippen molar-refractivity contribution in [3.8, 4) is 6.07 Å². The first-order valence-electron chi connectivity index (χ1n) is 9.71. The third-order valence-corrected chi connectivity index (χ3v) is 6.47. The number of nitrogens with one attached hydrogen (secondary N) is 2. The molecule has 34 heavy (non-hydrogen) atoms. The highest BCUT2D eigenvalue weighted by Gasteiger charge is 2.46. The Balaban J connectivity index is 1.96. The molecule has 2 N–H and O–H groups in total. The maximum Gasteiger partial charge on any atom is 0.319 e. The number of hydrogen-bond acceptors (Lipinski definition) is 8. The number of methoxy groups -OCH3 is 1. The number of halogens is 1. The van der Waals surface area contributed by atoms with Crippen LogP contribution in [0.25, 0.3) is 0 Å². The third kappa shape index (κ3) is 5.44. The molecule has 0 saturated carbocycles. The molecule has 12 heteroatoms. The van der Waals surface area contributed by atoms with Gasteiger partial charge in [-0.2, -0.15) is 5.26 Å². The Bertz CT molecular complexity index is 1220. The van der Waals surface area contributed by atoms with Crippen LogP contribution >= 0.6 is 27.7 Å². The maximum absolute atomic E-state index is 12.9. The van der Waals surface area contributed by atoms with Crippen molar-refractivity contribution in [2.75, 3.05) is 18.2 Å². The van der Waals surface area contributed by atoms with Gasteiger partial charge in [-0.3, -0.25) is 24.5 Å². The number of carbonyl (C=O) groups is 3. The molecule has 0 bridgehead atoms. The fourth-order valence-corrected chi connectivity index (χ4v) is 4.55. The van der Waals surface area contributed by atoms with Crippen molar-refractivity contribution >= 4 is 56.9 Å². The molecule has 0 fully saturated rings. The number of esters is 1. The average Bonchev–Trinajstić information content (AvgIpc) is 2.83. The number of rotatable bonds is 7. The lowest BCUT2D eigenvalue weighted by atomic mass is 9.78. The minimum Gasteiger partial charge on any atom is -0.468 e. The summed E-state index contributed by atoms with van der Waals surface area (Å²) in [6.07, 6.45) is 0. The van der Waals surface area contributed by atoms with E-state index in [0.717, 1.165) is 23.3 Å². The van der Waals surface area contributed by atoms with Crippen molar-refractivity contribution in [3.05, 3.63) is 79.3 Å². The van der Waals surface area contributed by atoms with Gasteiger partial charge in [0.1, 0.15) is 5.92 Å². The van der Waals surface area contributed by atoms with Crippen molar-refractivity contribution in [1.29, 1.82) is 5.26 Å². The van der Waals surface area contributed by atoms with Crippen LogP contribution in [-0.2, 0) is 19.1 Å². The Morgan fingerprint density at radius 3 is 2.56 bits per heavy atom. The van der Waals surface area contributed by atoms with E-state index >= 15 is 0 Å². The van der Waals surface area contributed by atoms with Crippen molar-refractivity contribution in [1.82, 2.24) is 5.32 Å². The van der Waals surface area contributed by atoms with E-state index in [1.807, 2.05) is 6.07 Å². The zero-order valence-electron chi connectivity index (χ0n) is 17.6. The predicted octanol–water partition coefficient (Wildman–Crippen LogP) is 3.47. The number of nitrogens with zero attached hydrogens (tertiary/aromatic N) is 2. The van der Waals surface area contributed by atoms with E-state index in [9.17, 15) is 29.8 Å². The molecule has 3 rings (SSSR count). The van der Waals surface area contributed by atoms with Crippen LogP contribution in [0.3, 0.4) is 0 Å². The number of amides is 2. The minimum absolute atomic E-state index is 0.0201. The van der Waals surface area contributed by atoms with Gasteiger partial charge in [0, 0.05) is 21.8 Å². The average molecular weight is 545 g/mol. The lowest BCUT2D eigenvalue weighted by Gasteiger charge is -2.30. The molecule has 0 spiro atoms. The minimum atomic E-state index is -1.51. The zero-order valence-corrected chi connectivity index (χ0v) is 20.0. The van der Waals surface area contributed by atoms with Crippen LogP contribution in [0, 0.1) is 27.4 Å². The highest BCUT2D eigenvalue weighted by molar-refractivity contribution is 9.10. The predicted molar refractivity (Wildman–Crippen MR) is 127 cm³/mol. The number of benzene rings is 2. The second kappa shape index (κ2) is 11.0. The number of ether oxygens (including phenoxy) is 1. The van der Waals surface area contributed by atoms with Crippen LogP contribution in [0.1, 0.15) is 11.5 Å². The number of carbonyl (C=O) groups excluding carboxylic acids is 3. The molecule has 0 radical (unpaired) electrons. The van der Waals surface area contributed by atoms with Crippen molar-refractivity contribution in [2.45, 2.75) is 5.92 Å². The van der Waals surface area contributed by atoms with E-state index in [4.69, 9.17) is 4.74 Å². The lowest BCUT2D eigenvalue weighted by Crippen LogP contribution is -2.44. The topological polar surface area (TPSA) is 151 Å². The molecule has 2 aromatic carbocycles.